The molecular weight excluding hydrogens is 392 g/mol. The number of carbonyl (C=O) groups excluding carboxylic acids is 2. The molecule has 8 heteroatoms. The Kier molecular flexibility index (Phi) is 5.29. The lowest BCUT2D eigenvalue weighted by Gasteiger charge is -2.25. The molecule has 1 aliphatic heterocycles. The summed E-state index contributed by atoms with van der Waals surface area (Å²) in [5.41, 5.74) is 1.93. The minimum Gasteiger partial charge on any atom is -0.493 e. The smallest absolute Gasteiger partial charge is 0.341 e. The number of esters is 1. The minimum absolute atomic E-state index is 0.155. The van der Waals surface area contributed by atoms with Crippen molar-refractivity contribution >= 4 is 39.2 Å². The highest BCUT2D eigenvalue weighted by Gasteiger charge is 2.29. The fourth-order valence-corrected chi connectivity index (χ4v) is 4.88. The molecule has 1 amide bonds. The van der Waals surface area contributed by atoms with Crippen LogP contribution in [0.3, 0.4) is 0 Å². The largest absolute Gasteiger partial charge is 0.493 e. The number of furan rings is 1. The van der Waals surface area contributed by atoms with Gasteiger partial charge in [-0.2, -0.15) is 0 Å². The van der Waals surface area contributed by atoms with E-state index in [2.05, 4.69) is 17.1 Å². The summed E-state index contributed by atoms with van der Waals surface area (Å²) in [6.07, 6.45) is 0.752. The van der Waals surface area contributed by atoms with Crippen molar-refractivity contribution in [1.82, 2.24) is 4.90 Å². The van der Waals surface area contributed by atoms with Crippen molar-refractivity contribution in [3.63, 3.8) is 0 Å². The number of para-hydroxylation sites is 1. The molecule has 29 heavy (non-hydrogen) atoms. The molecule has 1 N–H and O–H groups in total. The lowest BCUT2D eigenvalue weighted by atomic mass is 10.0. The van der Waals surface area contributed by atoms with Crippen LogP contribution in [-0.2, 0) is 17.7 Å². The van der Waals surface area contributed by atoms with Gasteiger partial charge in [0.05, 0.1) is 19.8 Å². The first-order chi connectivity index (χ1) is 14.0. The summed E-state index contributed by atoms with van der Waals surface area (Å²) in [6, 6.07) is 7.12. The molecule has 0 saturated carbocycles. The number of fused-ring (bicyclic) bond motifs is 2. The number of likely N-dealkylation sites (N-methyl/N-ethyl adjacent to an activating group) is 1. The van der Waals surface area contributed by atoms with E-state index in [1.54, 1.807) is 19.2 Å². The van der Waals surface area contributed by atoms with Gasteiger partial charge >= 0.3 is 5.97 Å². The van der Waals surface area contributed by atoms with Gasteiger partial charge in [0.1, 0.15) is 5.00 Å². The van der Waals surface area contributed by atoms with Crippen molar-refractivity contribution in [3.8, 4) is 5.75 Å². The third kappa shape index (κ3) is 3.49. The third-order valence-electron chi connectivity index (χ3n) is 5.15. The van der Waals surface area contributed by atoms with Gasteiger partial charge in [0, 0.05) is 23.4 Å². The van der Waals surface area contributed by atoms with Crippen molar-refractivity contribution in [1.29, 1.82) is 0 Å². The van der Waals surface area contributed by atoms with E-state index in [1.165, 1.54) is 18.4 Å². The number of hydrogen-bond acceptors (Lipinski definition) is 7. The Balaban J connectivity index is 1.68. The maximum Gasteiger partial charge on any atom is 0.341 e. The molecule has 3 heterocycles. The van der Waals surface area contributed by atoms with Crippen LogP contribution in [0, 0.1) is 0 Å². The molecule has 7 nitrogen and oxygen atoms in total. The topological polar surface area (TPSA) is 81.0 Å². The zero-order chi connectivity index (χ0) is 20.5. The highest BCUT2D eigenvalue weighted by atomic mass is 32.1. The molecule has 0 aliphatic carbocycles. The fourth-order valence-electron chi connectivity index (χ4n) is 3.61. The molecule has 0 spiro atoms. The first-order valence-corrected chi connectivity index (χ1v) is 10.2. The number of ether oxygens (including phenoxy) is 2. The standard InChI is InChI=1S/C21H22N2O5S/c1-4-23-9-8-13-16(11-23)29-20(17(13)21(25)27-3)22-19(24)15-10-12-6-5-7-14(26-2)18(12)28-15/h5-7,10H,4,8-9,11H2,1-3H3,(H,22,24). The van der Waals surface area contributed by atoms with Crippen LogP contribution in [-0.4, -0.2) is 44.1 Å². The van der Waals surface area contributed by atoms with Crippen molar-refractivity contribution in [2.75, 3.05) is 32.6 Å². The fraction of sp³-hybridized carbons (Fsp3) is 0.333. The lowest BCUT2D eigenvalue weighted by Crippen LogP contribution is -2.29. The van der Waals surface area contributed by atoms with Crippen molar-refractivity contribution in [2.45, 2.75) is 19.9 Å². The van der Waals surface area contributed by atoms with Crippen LogP contribution >= 0.6 is 11.3 Å². The summed E-state index contributed by atoms with van der Waals surface area (Å²) >= 11 is 1.42. The van der Waals surface area contributed by atoms with Crippen molar-refractivity contribution in [3.05, 3.63) is 46.0 Å². The zero-order valence-corrected chi connectivity index (χ0v) is 17.4. The Labute approximate surface area is 172 Å². The SMILES string of the molecule is CCN1CCc2c(sc(NC(=O)c3cc4cccc(OC)c4o3)c2C(=O)OC)C1. The molecule has 1 aliphatic rings. The lowest BCUT2D eigenvalue weighted by molar-refractivity contribution is 0.0600. The van der Waals surface area contributed by atoms with E-state index < -0.39 is 11.9 Å². The molecule has 0 unspecified atom stereocenters. The Hall–Kier alpha value is -2.84. The van der Waals surface area contributed by atoms with Crippen LogP contribution in [0.25, 0.3) is 11.0 Å². The van der Waals surface area contributed by atoms with Gasteiger partial charge in [-0.25, -0.2) is 4.79 Å². The van der Waals surface area contributed by atoms with E-state index in [-0.39, 0.29) is 5.76 Å². The predicted octanol–water partition coefficient (Wildman–Crippen LogP) is 3.92. The first-order valence-electron chi connectivity index (χ1n) is 9.38. The molecule has 0 fully saturated rings. The summed E-state index contributed by atoms with van der Waals surface area (Å²) in [6.45, 7) is 4.69. The second kappa shape index (κ2) is 7.88. The second-order valence-corrected chi connectivity index (χ2v) is 7.87. The van der Waals surface area contributed by atoms with E-state index in [4.69, 9.17) is 13.9 Å². The molecule has 3 aromatic rings. The molecule has 0 atom stereocenters. The van der Waals surface area contributed by atoms with Crippen LogP contribution in [0.1, 0.15) is 38.3 Å². The average Bonchev–Trinajstić information content (AvgIpc) is 3.33. The maximum absolute atomic E-state index is 12.9. The number of benzene rings is 1. The highest BCUT2D eigenvalue weighted by Crippen LogP contribution is 2.38. The van der Waals surface area contributed by atoms with Gasteiger partial charge in [0.15, 0.2) is 17.1 Å². The molecule has 0 bridgehead atoms. The van der Waals surface area contributed by atoms with Crippen molar-refractivity contribution in [2.24, 2.45) is 0 Å². The van der Waals surface area contributed by atoms with Gasteiger partial charge < -0.3 is 19.2 Å². The van der Waals surface area contributed by atoms with Gasteiger partial charge in [-0.3, -0.25) is 9.69 Å². The third-order valence-corrected chi connectivity index (χ3v) is 6.28. The summed E-state index contributed by atoms with van der Waals surface area (Å²) in [7, 11) is 2.90. The monoisotopic (exact) mass is 414 g/mol. The minimum atomic E-state index is -0.436. The normalized spacial score (nSPS) is 13.9. The van der Waals surface area contributed by atoms with Crippen LogP contribution in [0.5, 0.6) is 5.75 Å². The van der Waals surface area contributed by atoms with E-state index in [1.807, 2.05) is 12.1 Å². The number of nitrogens with one attached hydrogen (secondary N) is 1. The van der Waals surface area contributed by atoms with Gasteiger partial charge in [0.25, 0.3) is 5.91 Å². The van der Waals surface area contributed by atoms with Gasteiger partial charge in [-0.1, -0.05) is 19.1 Å². The maximum atomic E-state index is 12.9. The number of methoxy groups -OCH3 is 2. The van der Waals surface area contributed by atoms with Crippen LogP contribution in [0.15, 0.2) is 28.7 Å². The molecule has 1 aromatic carbocycles. The Morgan fingerprint density at radius 2 is 2.14 bits per heavy atom. The molecule has 2 aromatic heterocycles. The number of hydrogen-bond donors (Lipinski definition) is 1. The number of anilines is 1. The number of rotatable bonds is 5. The van der Waals surface area contributed by atoms with Gasteiger partial charge in [-0.15, -0.1) is 11.3 Å². The molecular formula is C21H22N2O5S. The summed E-state index contributed by atoms with van der Waals surface area (Å²) in [5, 5.41) is 4.12. The Morgan fingerprint density at radius 1 is 1.31 bits per heavy atom. The van der Waals surface area contributed by atoms with E-state index in [9.17, 15) is 9.59 Å². The first kappa shape index (κ1) is 19.5. The summed E-state index contributed by atoms with van der Waals surface area (Å²) < 4.78 is 16.0. The second-order valence-electron chi connectivity index (χ2n) is 6.76. The zero-order valence-electron chi connectivity index (χ0n) is 16.5. The molecule has 152 valence electrons. The number of nitrogens with zero attached hydrogens (tertiary/aromatic N) is 1. The Morgan fingerprint density at radius 3 is 2.86 bits per heavy atom. The summed E-state index contributed by atoms with van der Waals surface area (Å²) in [5.74, 6) is -0.140. The van der Waals surface area contributed by atoms with Gasteiger partial charge in [-0.05, 0) is 30.7 Å². The van der Waals surface area contributed by atoms with E-state index in [0.717, 1.165) is 41.9 Å². The Bertz CT molecular complexity index is 1080. The summed E-state index contributed by atoms with van der Waals surface area (Å²) in [4.78, 5) is 28.7. The molecule has 0 radical (unpaired) electrons. The van der Waals surface area contributed by atoms with Crippen molar-refractivity contribution < 1.29 is 23.5 Å². The predicted molar refractivity (Wildman–Crippen MR) is 111 cm³/mol. The number of carbonyl (C=O) groups is 2. The average molecular weight is 414 g/mol. The molecule has 4 rings (SSSR count). The number of amides is 1. The van der Waals surface area contributed by atoms with E-state index in [0.29, 0.717) is 21.9 Å². The highest BCUT2D eigenvalue weighted by molar-refractivity contribution is 7.17. The molecule has 0 saturated heterocycles. The van der Waals surface area contributed by atoms with Crippen LogP contribution in [0.2, 0.25) is 0 Å². The van der Waals surface area contributed by atoms with Crippen LogP contribution < -0.4 is 10.1 Å². The van der Waals surface area contributed by atoms with Gasteiger partial charge in [0.2, 0.25) is 0 Å². The van der Waals surface area contributed by atoms with E-state index >= 15 is 0 Å². The number of thiophene rings is 1. The quantitative estimate of drug-likeness (QED) is 0.638. The van der Waals surface area contributed by atoms with Crippen LogP contribution in [0.4, 0.5) is 5.00 Å².